The van der Waals surface area contributed by atoms with Crippen molar-refractivity contribution in [2.75, 3.05) is 0 Å². The second kappa shape index (κ2) is 8.22. The van der Waals surface area contributed by atoms with Gasteiger partial charge in [0.25, 0.3) is 5.91 Å². The average Bonchev–Trinajstić information content (AvgIpc) is 3.37. The van der Waals surface area contributed by atoms with Crippen LogP contribution in [-0.2, 0) is 19.7 Å². The van der Waals surface area contributed by atoms with Crippen molar-refractivity contribution < 1.29 is 13.9 Å². The number of hydrogen-bond acceptors (Lipinski definition) is 4. The van der Waals surface area contributed by atoms with Crippen LogP contribution in [0.25, 0.3) is 10.8 Å². The molecule has 0 saturated heterocycles. The molecule has 0 aliphatic rings. The largest absolute Gasteiger partial charge is 0.486 e. The third kappa shape index (κ3) is 4.16. The van der Waals surface area contributed by atoms with Crippen molar-refractivity contribution in [3.8, 4) is 5.75 Å². The molecule has 6 nitrogen and oxygen atoms in total. The first-order valence-electron chi connectivity index (χ1n) is 9.64. The van der Waals surface area contributed by atoms with Crippen LogP contribution in [0.4, 0.5) is 0 Å². The summed E-state index contributed by atoms with van der Waals surface area (Å²) < 4.78 is 13.4. The maximum Gasteiger partial charge on any atom is 0.287 e. The summed E-state index contributed by atoms with van der Waals surface area (Å²) in [5, 5.41) is 9.44. The lowest BCUT2D eigenvalue weighted by atomic mass is 10.1. The van der Waals surface area contributed by atoms with Gasteiger partial charge in [-0.25, -0.2) is 0 Å². The zero-order chi connectivity index (χ0) is 20.2. The number of aryl methyl sites for hydroxylation is 1. The van der Waals surface area contributed by atoms with E-state index in [0.29, 0.717) is 12.3 Å². The molecule has 4 aromatic rings. The summed E-state index contributed by atoms with van der Waals surface area (Å²) in [6.45, 7) is 5.50. The zero-order valence-corrected chi connectivity index (χ0v) is 16.5. The van der Waals surface area contributed by atoms with Crippen LogP contribution in [0.15, 0.2) is 65.2 Å². The van der Waals surface area contributed by atoms with Crippen LogP contribution in [0.2, 0.25) is 0 Å². The minimum Gasteiger partial charge on any atom is -0.486 e. The average molecular weight is 389 g/mol. The molecular formula is C23H23N3O3. The molecule has 0 bridgehead atoms. The Morgan fingerprint density at radius 1 is 1.14 bits per heavy atom. The highest BCUT2D eigenvalue weighted by atomic mass is 16.5. The molecular weight excluding hydrogens is 366 g/mol. The quantitative estimate of drug-likeness (QED) is 0.506. The zero-order valence-electron chi connectivity index (χ0n) is 16.5. The lowest BCUT2D eigenvalue weighted by molar-refractivity contribution is 0.0919. The van der Waals surface area contributed by atoms with Gasteiger partial charge in [0.05, 0.1) is 6.20 Å². The van der Waals surface area contributed by atoms with Gasteiger partial charge in [-0.3, -0.25) is 9.48 Å². The Labute approximate surface area is 169 Å². The van der Waals surface area contributed by atoms with E-state index < -0.39 is 0 Å². The van der Waals surface area contributed by atoms with Crippen molar-refractivity contribution >= 4 is 16.7 Å². The van der Waals surface area contributed by atoms with Crippen LogP contribution >= 0.6 is 0 Å². The molecule has 2 aromatic heterocycles. The van der Waals surface area contributed by atoms with E-state index in [1.54, 1.807) is 18.3 Å². The second-order valence-corrected chi connectivity index (χ2v) is 6.82. The van der Waals surface area contributed by atoms with E-state index in [1.165, 1.54) is 0 Å². The number of nitrogens with one attached hydrogen (secondary N) is 1. The molecule has 0 aliphatic heterocycles. The van der Waals surface area contributed by atoms with Gasteiger partial charge in [-0.15, -0.1) is 0 Å². The van der Waals surface area contributed by atoms with E-state index in [2.05, 4.69) is 16.5 Å². The van der Waals surface area contributed by atoms with E-state index in [-0.39, 0.29) is 18.3 Å². The summed E-state index contributed by atoms with van der Waals surface area (Å²) in [6, 6.07) is 17.5. The Morgan fingerprint density at radius 3 is 2.76 bits per heavy atom. The molecule has 0 spiro atoms. The molecule has 0 aliphatic carbocycles. The van der Waals surface area contributed by atoms with E-state index in [9.17, 15) is 4.79 Å². The molecule has 29 heavy (non-hydrogen) atoms. The van der Waals surface area contributed by atoms with Crippen molar-refractivity contribution in [3.63, 3.8) is 0 Å². The van der Waals surface area contributed by atoms with Gasteiger partial charge in [0, 0.05) is 24.3 Å². The Hall–Kier alpha value is -3.54. The predicted molar refractivity (Wildman–Crippen MR) is 111 cm³/mol. The van der Waals surface area contributed by atoms with Crippen molar-refractivity contribution in [3.05, 3.63) is 83.6 Å². The number of carbonyl (C=O) groups excluding carboxylic acids is 1. The van der Waals surface area contributed by atoms with E-state index >= 15 is 0 Å². The fraction of sp³-hybridized carbons (Fsp3) is 0.217. The van der Waals surface area contributed by atoms with Crippen LogP contribution in [-0.4, -0.2) is 15.7 Å². The molecule has 148 valence electrons. The van der Waals surface area contributed by atoms with Gasteiger partial charge < -0.3 is 14.5 Å². The van der Waals surface area contributed by atoms with Crippen molar-refractivity contribution in [1.29, 1.82) is 0 Å². The molecule has 2 heterocycles. The first-order chi connectivity index (χ1) is 14.1. The van der Waals surface area contributed by atoms with Crippen LogP contribution in [0.3, 0.4) is 0 Å². The molecule has 4 rings (SSSR count). The smallest absolute Gasteiger partial charge is 0.287 e. The topological polar surface area (TPSA) is 69.3 Å². The number of rotatable bonds is 7. The molecule has 0 radical (unpaired) electrons. The monoisotopic (exact) mass is 389 g/mol. The normalized spacial score (nSPS) is 11.0. The van der Waals surface area contributed by atoms with Gasteiger partial charge in [0.1, 0.15) is 18.1 Å². The Morgan fingerprint density at radius 2 is 1.97 bits per heavy atom. The predicted octanol–water partition coefficient (Wildman–Crippen LogP) is 4.47. The van der Waals surface area contributed by atoms with E-state index in [0.717, 1.165) is 34.3 Å². The van der Waals surface area contributed by atoms with Crippen LogP contribution < -0.4 is 10.1 Å². The second-order valence-electron chi connectivity index (χ2n) is 6.82. The first-order valence-corrected chi connectivity index (χ1v) is 9.64. The maximum absolute atomic E-state index is 12.4. The van der Waals surface area contributed by atoms with Gasteiger partial charge in [-0.2, -0.15) is 5.10 Å². The van der Waals surface area contributed by atoms with Crippen molar-refractivity contribution in [2.45, 2.75) is 33.5 Å². The highest BCUT2D eigenvalue weighted by Gasteiger charge is 2.13. The fourth-order valence-corrected chi connectivity index (χ4v) is 3.23. The highest BCUT2D eigenvalue weighted by Crippen LogP contribution is 2.21. The van der Waals surface area contributed by atoms with Gasteiger partial charge in [0.2, 0.25) is 0 Å². The van der Waals surface area contributed by atoms with Gasteiger partial charge >= 0.3 is 0 Å². The minimum atomic E-state index is -0.259. The first kappa shape index (κ1) is 18.8. The Kier molecular flexibility index (Phi) is 5.33. The standard InChI is InChI=1S/C23H23N3O3/c1-3-26-16(2)19(14-25-26)13-24-23(27)22-11-10-21(29-22)15-28-20-9-8-17-6-4-5-7-18(17)12-20/h4-12,14H,3,13,15H2,1-2H3,(H,24,27). The number of ether oxygens (including phenoxy) is 1. The Bertz CT molecular complexity index is 1140. The Balaban J connectivity index is 1.34. The summed E-state index contributed by atoms with van der Waals surface area (Å²) in [5.41, 5.74) is 2.04. The van der Waals surface area contributed by atoms with Crippen LogP contribution in [0, 0.1) is 6.92 Å². The van der Waals surface area contributed by atoms with Gasteiger partial charge in [-0.05, 0) is 48.9 Å². The van der Waals surface area contributed by atoms with Crippen LogP contribution in [0.1, 0.15) is 34.5 Å². The molecule has 0 saturated carbocycles. The molecule has 2 aromatic carbocycles. The molecule has 0 atom stereocenters. The molecule has 1 N–H and O–H groups in total. The van der Waals surface area contributed by atoms with Gasteiger partial charge in [-0.1, -0.05) is 30.3 Å². The summed E-state index contributed by atoms with van der Waals surface area (Å²) in [4.78, 5) is 12.4. The third-order valence-electron chi connectivity index (χ3n) is 4.93. The summed E-state index contributed by atoms with van der Waals surface area (Å²) >= 11 is 0. The minimum absolute atomic E-state index is 0.258. The highest BCUT2D eigenvalue weighted by molar-refractivity contribution is 5.91. The molecule has 0 unspecified atom stereocenters. The molecule has 6 heteroatoms. The number of benzene rings is 2. The summed E-state index contributed by atoms with van der Waals surface area (Å²) in [5.74, 6) is 1.36. The van der Waals surface area contributed by atoms with Crippen molar-refractivity contribution in [1.82, 2.24) is 15.1 Å². The fourth-order valence-electron chi connectivity index (χ4n) is 3.23. The van der Waals surface area contributed by atoms with E-state index in [1.807, 2.05) is 54.9 Å². The number of furan rings is 1. The molecule has 1 amide bonds. The number of amides is 1. The van der Waals surface area contributed by atoms with Crippen LogP contribution in [0.5, 0.6) is 5.75 Å². The number of aromatic nitrogens is 2. The van der Waals surface area contributed by atoms with Gasteiger partial charge in [0.15, 0.2) is 5.76 Å². The molecule has 0 fully saturated rings. The number of hydrogen-bond donors (Lipinski definition) is 1. The number of nitrogens with zero attached hydrogens (tertiary/aromatic N) is 2. The summed E-state index contributed by atoms with van der Waals surface area (Å²) in [7, 11) is 0. The lowest BCUT2D eigenvalue weighted by Gasteiger charge is -2.06. The lowest BCUT2D eigenvalue weighted by Crippen LogP contribution is -2.22. The third-order valence-corrected chi connectivity index (χ3v) is 4.93. The van der Waals surface area contributed by atoms with E-state index in [4.69, 9.17) is 9.15 Å². The number of carbonyl (C=O) groups is 1. The maximum atomic E-state index is 12.4. The SMILES string of the molecule is CCn1ncc(CNC(=O)c2ccc(COc3ccc4ccccc4c3)o2)c1C. The summed E-state index contributed by atoms with van der Waals surface area (Å²) in [6.07, 6.45) is 1.78. The van der Waals surface area contributed by atoms with Crippen molar-refractivity contribution in [2.24, 2.45) is 0 Å². The number of fused-ring (bicyclic) bond motifs is 1.